The molecule has 2 atom stereocenters. The topological polar surface area (TPSA) is 104 Å². The van der Waals surface area contributed by atoms with E-state index in [9.17, 15) is 23.5 Å². The molecule has 1 unspecified atom stereocenters. The van der Waals surface area contributed by atoms with Crippen LogP contribution >= 0.6 is 0 Å². The Morgan fingerprint density at radius 1 is 0.840 bits per heavy atom. The molecule has 2 rings (SSSR count). The lowest BCUT2D eigenvalue weighted by molar-refractivity contribution is -0.150. The molecule has 8 heteroatoms. The van der Waals surface area contributed by atoms with Gasteiger partial charge >= 0.3 is 11.9 Å². The van der Waals surface area contributed by atoms with Crippen LogP contribution in [0.5, 0.6) is 0 Å². The minimum absolute atomic E-state index is 0.170. The number of carbonyl (C=O) groups excluding carboxylic acids is 1. The van der Waals surface area contributed by atoms with E-state index in [2.05, 4.69) is 4.74 Å². The Bertz CT molecular complexity index is 700. The van der Waals surface area contributed by atoms with E-state index in [1.807, 2.05) is 0 Å². The van der Waals surface area contributed by atoms with Crippen LogP contribution in [0.15, 0.2) is 48.5 Å². The highest BCUT2D eigenvalue weighted by Gasteiger charge is 2.17. The fourth-order valence-electron chi connectivity index (χ4n) is 1.68. The molecule has 0 saturated heterocycles. The standard InChI is InChI=1S/C9H9FO3.C8H7FO3/c1-13-9(12)8(11)6-2-4-7(10)5-3-6;9-6-3-1-5(2-4-6)7(10)8(11)12/h2-5,8,11H,1H3;1-4,7,10H,(H,11,12)/t;7-/m.0/s1. The van der Waals surface area contributed by atoms with Crippen LogP contribution in [0.2, 0.25) is 0 Å². The predicted molar refractivity (Wildman–Crippen MR) is 82.4 cm³/mol. The molecule has 0 radical (unpaired) electrons. The smallest absolute Gasteiger partial charge is 0.339 e. The van der Waals surface area contributed by atoms with Crippen molar-refractivity contribution in [1.29, 1.82) is 0 Å². The van der Waals surface area contributed by atoms with Crippen LogP contribution in [0.1, 0.15) is 23.3 Å². The van der Waals surface area contributed by atoms with Crippen LogP contribution in [0, 0.1) is 11.6 Å². The number of halogens is 2. The number of carboxylic acids is 1. The predicted octanol–water partition coefficient (Wildman–Crippen LogP) is 1.98. The van der Waals surface area contributed by atoms with Gasteiger partial charge in [0.1, 0.15) is 11.6 Å². The zero-order valence-corrected chi connectivity index (χ0v) is 13.1. The van der Waals surface area contributed by atoms with Gasteiger partial charge in [0.25, 0.3) is 0 Å². The first-order valence-corrected chi connectivity index (χ1v) is 6.94. The summed E-state index contributed by atoms with van der Waals surface area (Å²) in [6.45, 7) is 0. The minimum Gasteiger partial charge on any atom is -0.479 e. The van der Waals surface area contributed by atoms with Gasteiger partial charge < -0.3 is 20.1 Å². The minimum atomic E-state index is -1.58. The number of hydrogen-bond acceptors (Lipinski definition) is 5. The third kappa shape index (κ3) is 6.28. The van der Waals surface area contributed by atoms with E-state index < -0.39 is 35.8 Å². The monoisotopic (exact) mass is 354 g/mol. The molecule has 2 aromatic carbocycles. The molecule has 0 heterocycles. The lowest BCUT2D eigenvalue weighted by Crippen LogP contribution is -2.13. The molecule has 0 aliphatic carbocycles. The molecule has 0 aliphatic heterocycles. The number of ether oxygens (including phenoxy) is 1. The van der Waals surface area contributed by atoms with Crippen molar-refractivity contribution in [2.24, 2.45) is 0 Å². The summed E-state index contributed by atoms with van der Waals surface area (Å²) in [5.74, 6) is -2.98. The second-order valence-electron chi connectivity index (χ2n) is 4.77. The average molecular weight is 354 g/mol. The normalized spacial score (nSPS) is 12.4. The molecule has 0 aromatic heterocycles. The Morgan fingerprint density at radius 2 is 1.20 bits per heavy atom. The first-order chi connectivity index (χ1) is 11.8. The van der Waals surface area contributed by atoms with Crippen LogP contribution in [-0.4, -0.2) is 34.4 Å². The molecule has 0 bridgehead atoms. The molecule has 134 valence electrons. The van der Waals surface area contributed by atoms with Crippen LogP contribution in [-0.2, 0) is 14.3 Å². The van der Waals surface area contributed by atoms with Crippen molar-refractivity contribution in [3.05, 3.63) is 71.3 Å². The summed E-state index contributed by atoms with van der Waals surface area (Å²) < 4.78 is 29.1. The van der Waals surface area contributed by atoms with Crippen molar-refractivity contribution in [2.45, 2.75) is 12.2 Å². The maximum atomic E-state index is 12.4. The molecular formula is C17H16F2O6. The molecule has 3 N–H and O–H groups in total. The van der Waals surface area contributed by atoms with Gasteiger partial charge in [0, 0.05) is 0 Å². The molecule has 0 aliphatic rings. The SMILES string of the molecule is COC(=O)C(O)c1ccc(F)cc1.O=C(O)[C@@H](O)c1ccc(F)cc1. The highest BCUT2D eigenvalue weighted by atomic mass is 19.1. The van der Waals surface area contributed by atoms with Crippen molar-refractivity contribution in [3.63, 3.8) is 0 Å². The zero-order chi connectivity index (χ0) is 19.0. The van der Waals surface area contributed by atoms with E-state index in [1.54, 1.807) is 0 Å². The fourth-order valence-corrected chi connectivity index (χ4v) is 1.68. The quantitative estimate of drug-likeness (QED) is 0.726. The lowest BCUT2D eigenvalue weighted by Gasteiger charge is -2.07. The number of carbonyl (C=O) groups is 2. The van der Waals surface area contributed by atoms with E-state index in [4.69, 9.17) is 10.2 Å². The second kappa shape index (κ2) is 9.45. The average Bonchev–Trinajstić information content (AvgIpc) is 2.61. The summed E-state index contributed by atoms with van der Waals surface area (Å²) in [6.07, 6.45) is -2.92. The highest BCUT2D eigenvalue weighted by molar-refractivity contribution is 5.76. The van der Waals surface area contributed by atoms with Crippen molar-refractivity contribution < 1.29 is 38.4 Å². The molecule has 0 fully saturated rings. The Labute approximate surface area is 141 Å². The highest BCUT2D eigenvalue weighted by Crippen LogP contribution is 2.14. The van der Waals surface area contributed by atoms with Gasteiger partial charge in [-0.05, 0) is 35.4 Å². The van der Waals surface area contributed by atoms with Gasteiger partial charge in [-0.25, -0.2) is 18.4 Å². The zero-order valence-electron chi connectivity index (χ0n) is 13.1. The Balaban J connectivity index is 0.000000251. The van der Waals surface area contributed by atoms with Gasteiger partial charge in [-0.3, -0.25) is 0 Å². The molecule has 0 amide bonds. The number of benzene rings is 2. The van der Waals surface area contributed by atoms with Crippen molar-refractivity contribution in [3.8, 4) is 0 Å². The number of esters is 1. The van der Waals surface area contributed by atoms with Crippen LogP contribution < -0.4 is 0 Å². The van der Waals surface area contributed by atoms with E-state index >= 15 is 0 Å². The van der Waals surface area contributed by atoms with Gasteiger partial charge in [-0.2, -0.15) is 0 Å². The summed E-state index contributed by atoms with van der Waals surface area (Å²) >= 11 is 0. The fraction of sp³-hybridized carbons (Fsp3) is 0.176. The number of carboxylic acid groups (broad SMARTS) is 1. The van der Waals surface area contributed by atoms with E-state index in [0.717, 1.165) is 12.1 Å². The molecule has 2 aromatic rings. The summed E-state index contributed by atoms with van der Waals surface area (Å²) in [7, 11) is 1.18. The Morgan fingerprint density at radius 3 is 1.52 bits per heavy atom. The Hall–Kier alpha value is -2.84. The first-order valence-electron chi connectivity index (χ1n) is 6.94. The van der Waals surface area contributed by atoms with Crippen molar-refractivity contribution >= 4 is 11.9 Å². The van der Waals surface area contributed by atoms with E-state index in [1.165, 1.54) is 43.5 Å². The number of methoxy groups -OCH3 is 1. The first kappa shape index (κ1) is 20.2. The molecule has 0 saturated carbocycles. The molecule has 0 spiro atoms. The van der Waals surface area contributed by atoms with Gasteiger partial charge in [0.05, 0.1) is 7.11 Å². The van der Waals surface area contributed by atoms with Crippen LogP contribution in [0.3, 0.4) is 0 Å². The van der Waals surface area contributed by atoms with E-state index in [-0.39, 0.29) is 5.56 Å². The number of hydrogen-bond donors (Lipinski definition) is 3. The summed E-state index contributed by atoms with van der Waals surface area (Å²) in [5, 5.41) is 26.6. The Kier molecular flexibility index (Phi) is 7.64. The summed E-state index contributed by atoms with van der Waals surface area (Å²) in [6, 6.07) is 9.65. The second-order valence-corrected chi connectivity index (χ2v) is 4.77. The molecular weight excluding hydrogens is 338 g/mol. The van der Waals surface area contributed by atoms with Crippen molar-refractivity contribution in [2.75, 3.05) is 7.11 Å². The lowest BCUT2D eigenvalue weighted by atomic mass is 10.1. The summed E-state index contributed by atoms with van der Waals surface area (Å²) in [5.41, 5.74) is 0.483. The maximum Gasteiger partial charge on any atom is 0.339 e. The molecule has 6 nitrogen and oxygen atoms in total. The largest absolute Gasteiger partial charge is 0.479 e. The van der Waals surface area contributed by atoms with Gasteiger partial charge in [-0.1, -0.05) is 24.3 Å². The van der Waals surface area contributed by atoms with Gasteiger partial charge in [0.2, 0.25) is 0 Å². The number of aliphatic carboxylic acids is 1. The molecule has 25 heavy (non-hydrogen) atoms. The number of aliphatic hydroxyl groups excluding tert-OH is 2. The third-order valence-corrected chi connectivity index (χ3v) is 3.03. The van der Waals surface area contributed by atoms with Crippen molar-refractivity contribution in [1.82, 2.24) is 0 Å². The van der Waals surface area contributed by atoms with E-state index in [0.29, 0.717) is 5.56 Å². The van der Waals surface area contributed by atoms with Crippen LogP contribution in [0.25, 0.3) is 0 Å². The number of aliphatic hydroxyl groups is 2. The van der Waals surface area contributed by atoms with Gasteiger partial charge in [-0.15, -0.1) is 0 Å². The summed E-state index contributed by atoms with van der Waals surface area (Å²) in [4.78, 5) is 21.1. The number of rotatable bonds is 4. The maximum absolute atomic E-state index is 12.4. The third-order valence-electron chi connectivity index (χ3n) is 3.03. The van der Waals surface area contributed by atoms with Gasteiger partial charge in [0.15, 0.2) is 12.2 Å². The van der Waals surface area contributed by atoms with Crippen LogP contribution in [0.4, 0.5) is 8.78 Å².